The molecule has 32 heavy (non-hydrogen) atoms. The molecule has 0 radical (unpaired) electrons. The van der Waals surface area contributed by atoms with Crippen molar-refractivity contribution >= 4 is 17.6 Å². The van der Waals surface area contributed by atoms with Crippen LogP contribution in [0.5, 0.6) is 0 Å². The van der Waals surface area contributed by atoms with Crippen molar-refractivity contribution in [3.8, 4) is 6.07 Å². The van der Waals surface area contributed by atoms with Crippen LogP contribution in [0.3, 0.4) is 0 Å². The summed E-state index contributed by atoms with van der Waals surface area (Å²) in [6.07, 6.45) is 9.45. The summed E-state index contributed by atoms with van der Waals surface area (Å²) in [4.78, 5) is 6.74. The number of nitrogens with one attached hydrogen (secondary N) is 2. The van der Waals surface area contributed by atoms with Crippen LogP contribution >= 0.6 is 0 Å². The number of nitrogens with zero attached hydrogens (tertiary/aromatic N) is 3. The Hall–Kier alpha value is -3.23. The van der Waals surface area contributed by atoms with Crippen LogP contribution in [0.4, 0.5) is 5.82 Å². The zero-order valence-electron chi connectivity index (χ0n) is 19.0. The first-order chi connectivity index (χ1) is 15.5. The molecule has 0 bridgehead atoms. The summed E-state index contributed by atoms with van der Waals surface area (Å²) >= 11 is 0. The first-order valence-corrected chi connectivity index (χ1v) is 11.4. The largest absolute Gasteiger partial charge is 0.346 e. The van der Waals surface area contributed by atoms with Gasteiger partial charge in [-0.05, 0) is 97.0 Å². The molecule has 1 aromatic heterocycles. The van der Waals surface area contributed by atoms with Gasteiger partial charge in [0, 0.05) is 31.7 Å². The molecule has 2 aliphatic rings. The lowest BCUT2D eigenvalue weighted by atomic mass is 9.85. The molecule has 0 spiro atoms. The Labute approximate surface area is 191 Å². The van der Waals surface area contributed by atoms with Crippen molar-refractivity contribution in [2.75, 3.05) is 25.0 Å². The third kappa shape index (κ3) is 4.51. The number of likely N-dealkylation sites (tertiary alicyclic amines) is 1. The maximum absolute atomic E-state index is 9.06. The second-order valence-corrected chi connectivity index (χ2v) is 8.99. The van der Waals surface area contributed by atoms with Gasteiger partial charge >= 0.3 is 0 Å². The van der Waals surface area contributed by atoms with E-state index >= 15 is 0 Å². The number of benzene rings is 1. The molecule has 1 fully saturated rings. The van der Waals surface area contributed by atoms with Crippen molar-refractivity contribution in [3.63, 3.8) is 0 Å². The lowest BCUT2D eigenvalue weighted by Gasteiger charge is -2.34. The zero-order chi connectivity index (χ0) is 22.7. The van der Waals surface area contributed by atoms with E-state index in [0.717, 1.165) is 43.6 Å². The van der Waals surface area contributed by atoms with Gasteiger partial charge < -0.3 is 10.7 Å². The molecule has 1 aliphatic carbocycles. The van der Waals surface area contributed by atoms with E-state index in [9.17, 15) is 0 Å². The van der Waals surface area contributed by atoms with E-state index < -0.39 is 0 Å². The van der Waals surface area contributed by atoms with Gasteiger partial charge in [-0.3, -0.25) is 4.90 Å². The van der Waals surface area contributed by atoms with Gasteiger partial charge in [-0.2, -0.15) is 5.26 Å². The van der Waals surface area contributed by atoms with Crippen LogP contribution < -0.4 is 5.32 Å². The van der Waals surface area contributed by atoms with Gasteiger partial charge in [0.1, 0.15) is 11.9 Å². The molecule has 0 amide bonds. The van der Waals surface area contributed by atoms with Crippen LogP contribution in [0.1, 0.15) is 58.6 Å². The first kappa shape index (κ1) is 22.0. The minimum atomic E-state index is 0.533. The molecule has 2 N–H and O–H groups in total. The summed E-state index contributed by atoms with van der Waals surface area (Å²) < 4.78 is 0. The number of pyridine rings is 1. The van der Waals surface area contributed by atoms with Gasteiger partial charge in [0.15, 0.2) is 0 Å². The standard InChI is InChI=1S/C27H31N5/c1-18-6-7-26-20(3)25(9-8-24(18)26)22-5-4-10-32(17-22)16-21(12-28)14-30-27-11-19(2)23(13-29)15-31-27/h8-9,11-12,14-15,22,28H,1,4-7,10,16-17H2,2-3H3,(H,30,31)/b21-14+,28-12?. The molecule has 1 aromatic carbocycles. The van der Waals surface area contributed by atoms with Crippen LogP contribution in [-0.4, -0.2) is 35.7 Å². The van der Waals surface area contributed by atoms with Crippen LogP contribution in [-0.2, 0) is 6.42 Å². The highest BCUT2D eigenvalue weighted by molar-refractivity contribution is 5.77. The topological polar surface area (TPSA) is 75.8 Å². The minimum Gasteiger partial charge on any atom is -0.346 e. The second-order valence-electron chi connectivity index (χ2n) is 8.99. The van der Waals surface area contributed by atoms with E-state index in [1.54, 1.807) is 6.20 Å². The average molecular weight is 426 g/mol. The third-order valence-electron chi connectivity index (χ3n) is 6.87. The van der Waals surface area contributed by atoms with Crippen molar-refractivity contribution in [2.24, 2.45) is 0 Å². The molecule has 2 aromatic rings. The molecule has 0 saturated carbocycles. The average Bonchev–Trinajstić information content (AvgIpc) is 3.18. The van der Waals surface area contributed by atoms with Gasteiger partial charge in [0.05, 0.1) is 5.56 Å². The molecule has 4 rings (SSSR count). The number of anilines is 1. The fraction of sp³-hybridized carbons (Fsp3) is 0.370. The van der Waals surface area contributed by atoms with Crippen molar-refractivity contribution in [1.82, 2.24) is 9.88 Å². The SMILES string of the molecule is C=C1CCc2c1ccc(C1CCCN(C/C(C=N)=C/Nc3cc(C)c(C#N)cn3)C1)c2C. The Morgan fingerprint density at radius 2 is 2.22 bits per heavy atom. The van der Waals surface area contributed by atoms with Gasteiger partial charge in [0.2, 0.25) is 0 Å². The third-order valence-corrected chi connectivity index (χ3v) is 6.87. The van der Waals surface area contributed by atoms with E-state index in [1.165, 1.54) is 46.9 Å². The van der Waals surface area contributed by atoms with E-state index in [0.29, 0.717) is 17.3 Å². The van der Waals surface area contributed by atoms with Crippen LogP contribution in [0.15, 0.2) is 42.7 Å². The Morgan fingerprint density at radius 1 is 1.38 bits per heavy atom. The lowest BCUT2D eigenvalue weighted by molar-refractivity contribution is 0.225. The molecule has 1 saturated heterocycles. The number of fused-ring (bicyclic) bond motifs is 1. The lowest BCUT2D eigenvalue weighted by Crippen LogP contribution is -2.36. The smallest absolute Gasteiger partial charge is 0.130 e. The summed E-state index contributed by atoms with van der Waals surface area (Å²) in [7, 11) is 0. The zero-order valence-corrected chi connectivity index (χ0v) is 19.0. The summed E-state index contributed by atoms with van der Waals surface area (Å²) in [5, 5.41) is 20.1. The van der Waals surface area contributed by atoms with E-state index in [2.05, 4.69) is 46.9 Å². The first-order valence-electron chi connectivity index (χ1n) is 11.4. The fourth-order valence-electron chi connectivity index (χ4n) is 5.04. The van der Waals surface area contributed by atoms with Crippen LogP contribution in [0, 0.1) is 30.6 Å². The Kier molecular flexibility index (Phi) is 6.53. The molecular formula is C27H31N5. The summed E-state index contributed by atoms with van der Waals surface area (Å²) in [5.74, 6) is 1.22. The summed E-state index contributed by atoms with van der Waals surface area (Å²) in [6, 6.07) is 8.61. The number of hydrogen-bond acceptors (Lipinski definition) is 5. The second kappa shape index (κ2) is 9.50. The minimum absolute atomic E-state index is 0.533. The molecule has 164 valence electrons. The highest BCUT2D eigenvalue weighted by Gasteiger charge is 2.26. The number of aromatic nitrogens is 1. The summed E-state index contributed by atoms with van der Waals surface area (Å²) in [5.41, 5.74) is 9.47. The number of rotatable bonds is 6. The Bertz CT molecular complexity index is 1120. The quantitative estimate of drug-likeness (QED) is 0.611. The maximum Gasteiger partial charge on any atom is 0.130 e. The predicted molar refractivity (Wildman–Crippen MR) is 131 cm³/mol. The van der Waals surface area contributed by atoms with Crippen molar-refractivity contribution in [1.29, 1.82) is 10.7 Å². The molecule has 1 aliphatic heterocycles. The molecule has 1 atom stereocenters. The predicted octanol–water partition coefficient (Wildman–Crippen LogP) is 5.35. The van der Waals surface area contributed by atoms with Crippen LogP contribution in [0.25, 0.3) is 5.57 Å². The van der Waals surface area contributed by atoms with Gasteiger partial charge in [-0.15, -0.1) is 0 Å². The van der Waals surface area contributed by atoms with Crippen molar-refractivity contribution in [3.05, 3.63) is 76.1 Å². The Morgan fingerprint density at radius 3 is 2.97 bits per heavy atom. The number of nitriles is 1. The van der Waals surface area contributed by atoms with Crippen molar-refractivity contribution in [2.45, 2.75) is 45.4 Å². The molecule has 2 heterocycles. The Balaban J connectivity index is 1.44. The molecule has 5 nitrogen and oxygen atoms in total. The monoisotopic (exact) mass is 425 g/mol. The number of allylic oxidation sites excluding steroid dienone is 1. The van der Waals surface area contributed by atoms with Crippen molar-refractivity contribution < 1.29 is 0 Å². The molecule has 5 heteroatoms. The van der Waals surface area contributed by atoms with E-state index in [1.807, 2.05) is 19.2 Å². The molecular weight excluding hydrogens is 394 g/mol. The molecule has 1 unspecified atom stereocenters. The fourth-order valence-corrected chi connectivity index (χ4v) is 5.04. The van der Waals surface area contributed by atoms with Gasteiger partial charge in [-0.25, -0.2) is 4.98 Å². The van der Waals surface area contributed by atoms with Gasteiger partial charge in [-0.1, -0.05) is 18.7 Å². The number of hydrogen-bond donors (Lipinski definition) is 2. The number of piperidine rings is 1. The highest BCUT2D eigenvalue weighted by Crippen LogP contribution is 2.38. The maximum atomic E-state index is 9.06. The van der Waals surface area contributed by atoms with Gasteiger partial charge in [0.25, 0.3) is 0 Å². The highest BCUT2D eigenvalue weighted by atomic mass is 15.1. The van der Waals surface area contributed by atoms with E-state index in [-0.39, 0.29) is 0 Å². The normalized spacial score (nSPS) is 18.8. The summed E-state index contributed by atoms with van der Waals surface area (Å²) in [6.45, 7) is 11.2. The number of aryl methyl sites for hydroxylation is 1. The van der Waals surface area contributed by atoms with Crippen LogP contribution in [0.2, 0.25) is 0 Å². The van der Waals surface area contributed by atoms with E-state index in [4.69, 9.17) is 10.7 Å².